The van der Waals surface area contributed by atoms with E-state index in [4.69, 9.17) is 0 Å². The summed E-state index contributed by atoms with van der Waals surface area (Å²) in [4.78, 5) is 8.70. The number of rotatable bonds is 4. The van der Waals surface area contributed by atoms with Gasteiger partial charge in [0, 0.05) is 36.6 Å². The van der Waals surface area contributed by atoms with Crippen LogP contribution >= 0.6 is 0 Å². The molecule has 8 heteroatoms. The monoisotopic (exact) mass is 340 g/mol. The maximum atomic E-state index is 13.9. The molecule has 0 spiro atoms. The number of hydrogen-bond acceptors (Lipinski definition) is 4. The molecule has 126 valence electrons. The largest absolute Gasteiger partial charge is 0.328 e. The third-order valence-electron chi connectivity index (χ3n) is 3.85. The van der Waals surface area contributed by atoms with Gasteiger partial charge in [-0.05, 0) is 18.2 Å². The Morgan fingerprint density at radius 1 is 1.12 bits per heavy atom. The van der Waals surface area contributed by atoms with E-state index in [1.165, 1.54) is 18.2 Å². The Balaban J connectivity index is 1.69. The van der Waals surface area contributed by atoms with Crippen molar-refractivity contribution in [3.8, 4) is 0 Å². The number of benzene rings is 1. The van der Waals surface area contributed by atoms with E-state index in [0.29, 0.717) is 11.6 Å². The molecule has 25 heavy (non-hydrogen) atoms. The van der Waals surface area contributed by atoms with Crippen LogP contribution in [0.4, 0.5) is 20.4 Å². The first-order valence-corrected chi connectivity index (χ1v) is 7.60. The molecule has 3 heterocycles. The van der Waals surface area contributed by atoms with Gasteiger partial charge in [0.1, 0.15) is 17.3 Å². The second kappa shape index (κ2) is 5.97. The zero-order valence-corrected chi connectivity index (χ0v) is 13.3. The molecule has 0 fully saturated rings. The number of hydrogen-bond donors (Lipinski definition) is 1. The van der Waals surface area contributed by atoms with E-state index in [-0.39, 0.29) is 12.1 Å². The highest BCUT2D eigenvalue weighted by atomic mass is 19.1. The molecule has 0 aliphatic rings. The Morgan fingerprint density at radius 3 is 2.64 bits per heavy atom. The van der Waals surface area contributed by atoms with Crippen molar-refractivity contribution in [1.29, 1.82) is 0 Å². The number of aryl methyl sites for hydroxylation is 1. The fraction of sp³-hybridized carbons (Fsp3) is 0.118. The third kappa shape index (κ3) is 2.93. The second-order valence-corrected chi connectivity index (χ2v) is 5.64. The number of nitrogens with zero attached hydrogens (tertiary/aromatic N) is 5. The van der Waals surface area contributed by atoms with Gasteiger partial charge in [-0.3, -0.25) is 4.68 Å². The minimum absolute atomic E-state index is 0.000353. The van der Waals surface area contributed by atoms with Crippen molar-refractivity contribution in [2.75, 3.05) is 5.32 Å². The molecule has 0 aliphatic carbocycles. The van der Waals surface area contributed by atoms with Crippen molar-refractivity contribution in [2.24, 2.45) is 7.05 Å². The molecule has 0 aliphatic heterocycles. The van der Waals surface area contributed by atoms with Gasteiger partial charge < -0.3 is 9.88 Å². The average Bonchev–Trinajstić information content (AvgIpc) is 3.17. The second-order valence-electron chi connectivity index (χ2n) is 5.64. The van der Waals surface area contributed by atoms with Gasteiger partial charge in [-0.15, -0.1) is 0 Å². The third-order valence-corrected chi connectivity index (χ3v) is 3.85. The molecule has 0 amide bonds. The van der Waals surface area contributed by atoms with Gasteiger partial charge in [0.25, 0.3) is 0 Å². The summed E-state index contributed by atoms with van der Waals surface area (Å²) in [6.07, 6.45) is 6.84. The molecular weight excluding hydrogens is 326 g/mol. The van der Waals surface area contributed by atoms with E-state index in [2.05, 4.69) is 20.4 Å². The first-order chi connectivity index (χ1) is 12.1. The molecule has 0 saturated heterocycles. The standard InChI is InChI=1S/C17H14F2N6/c1-24-9-12(8-21-24)22-17-20-7-11-5-6-25(16(11)23-17)10-13-14(18)3-2-4-15(13)19/h2-9H,10H2,1H3,(H,20,22,23). The van der Waals surface area contributed by atoms with Crippen LogP contribution in [0.2, 0.25) is 0 Å². The number of fused-ring (bicyclic) bond motifs is 1. The van der Waals surface area contributed by atoms with Gasteiger partial charge in [-0.1, -0.05) is 6.07 Å². The van der Waals surface area contributed by atoms with E-state index in [1.54, 1.807) is 34.0 Å². The lowest BCUT2D eigenvalue weighted by atomic mass is 10.2. The molecule has 0 saturated carbocycles. The lowest BCUT2D eigenvalue weighted by Gasteiger charge is -2.08. The Labute approximate surface area is 141 Å². The van der Waals surface area contributed by atoms with Crippen molar-refractivity contribution in [1.82, 2.24) is 24.3 Å². The van der Waals surface area contributed by atoms with Crippen LogP contribution in [0.15, 0.2) is 49.1 Å². The summed E-state index contributed by atoms with van der Waals surface area (Å²) in [6, 6.07) is 5.64. The molecule has 1 N–H and O–H groups in total. The van der Waals surface area contributed by atoms with Crippen LogP contribution in [0.5, 0.6) is 0 Å². The Morgan fingerprint density at radius 2 is 1.92 bits per heavy atom. The number of halogens is 2. The minimum Gasteiger partial charge on any atom is -0.328 e. The normalized spacial score (nSPS) is 11.2. The molecule has 0 bridgehead atoms. The van der Waals surface area contributed by atoms with Gasteiger partial charge in [0.15, 0.2) is 0 Å². The number of anilines is 2. The van der Waals surface area contributed by atoms with Gasteiger partial charge in [-0.25, -0.2) is 13.8 Å². The fourth-order valence-electron chi connectivity index (χ4n) is 2.63. The molecule has 0 atom stereocenters. The van der Waals surface area contributed by atoms with E-state index in [9.17, 15) is 8.78 Å². The van der Waals surface area contributed by atoms with Crippen molar-refractivity contribution in [3.63, 3.8) is 0 Å². The van der Waals surface area contributed by atoms with Gasteiger partial charge in [0.05, 0.1) is 18.4 Å². The Bertz CT molecular complexity index is 1030. The molecule has 6 nitrogen and oxygen atoms in total. The fourth-order valence-corrected chi connectivity index (χ4v) is 2.63. The number of aromatic nitrogens is 5. The van der Waals surface area contributed by atoms with Gasteiger partial charge in [-0.2, -0.15) is 10.1 Å². The predicted molar refractivity (Wildman–Crippen MR) is 89.5 cm³/mol. The zero-order chi connectivity index (χ0) is 17.4. The van der Waals surface area contributed by atoms with Gasteiger partial charge >= 0.3 is 0 Å². The van der Waals surface area contributed by atoms with Crippen molar-refractivity contribution < 1.29 is 8.78 Å². The lowest BCUT2D eigenvalue weighted by Crippen LogP contribution is -2.05. The topological polar surface area (TPSA) is 60.6 Å². The van der Waals surface area contributed by atoms with Crippen LogP contribution in [-0.2, 0) is 13.6 Å². The highest BCUT2D eigenvalue weighted by Crippen LogP contribution is 2.20. The van der Waals surface area contributed by atoms with Crippen LogP contribution in [0.1, 0.15) is 5.56 Å². The molecule has 4 rings (SSSR count). The van der Waals surface area contributed by atoms with Crippen LogP contribution < -0.4 is 5.32 Å². The summed E-state index contributed by atoms with van der Waals surface area (Å²) in [7, 11) is 1.81. The maximum Gasteiger partial charge on any atom is 0.229 e. The van der Waals surface area contributed by atoms with Crippen molar-refractivity contribution in [2.45, 2.75) is 6.54 Å². The van der Waals surface area contributed by atoms with Crippen LogP contribution in [0.3, 0.4) is 0 Å². The summed E-state index contributed by atoms with van der Waals surface area (Å²) in [5.74, 6) is -0.774. The summed E-state index contributed by atoms with van der Waals surface area (Å²) in [5.41, 5.74) is 1.34. The molecular formula is C17H14F2N6. The minimum atomic E-state index is -0.579. The highest BCUT2D eigenvalue weighted by Gasteiger charge is 2.12. The summed E-state index contributed by atoms with van der Waals surface area (Å²) >= 11 is 0. The quantitative estimate of drug-likeness (QED) is 0.620. The zero-order valence-electron chi connectivity index (χ0n) is 13.3. The van der Waals surface area contributed by atoms with Crippen molar-refractivity contribution in [3.05, 3.63) is 66.3 Å². The summed E-state index contributed by atoms with van der Waals surface area (Å²) in [5, 5.41) is 7.91. The maximum absolute atomic E-state index is 13.9. The van der Waals surface area contributed by atoms with Crippen molar-refractivity contribution >= 4 is 22.7 Å². The molecule has 3 aromatic heterocycles. The van der Waals surface area contributed by atoms with Crippen LogP contribution in [-0.4, -0.2) is 24.3 Å². The van der Waals surface area contributed by atoms with E-state index >= 15 is 0 Å². The lowest BCUT2D eigenvalue weighted by molar-refractivity contribution is 0.546. The summed E-state index contributed by atoms with van der Waals surface area (Å²) < 4.78 is 31.2. The Kier molecular flexibility index (Phi) is 3.64. The van der Waals surface area contributed by atoms with E-state index < -0.39 is 11.6 Å². The smallest absolute Gasteiger partial charge is 0.229 e. The SMILES string of the molecule is Cn1cc(Nc2ncc3ccn(Cc4c(F)cccc4F)c3n2)cn1. The first kappa shape index (κ1) is 15.3. The average molecular weight is 340 g/mol. The van der Waals surface area contributed by atoms with Crippen LogP contribution in [0.25, 0.3) is 11.0 Å². The molecule has 4 aromatic rings. The molecule has 0 radical (unpaired) electrons. The first-order valence-electron chi connectivity index (χ1n) is 7.60. The van der Waals surface area contributed by atoms with E-state index in [1.807, 2.05) is 13.1 Å². The Hall–Kier alpha value is -3.29. The molecule has 1 aromatic carbocycles. The summed E-state index contributed by atoms with van der Waals surface area (Å²) in [6.45, 7) is 0.0470. The highest BCUT2D eigenvalue weighted by molar-refractivity contribution is 5.76. The molecule has 0 unspecified atom stereocenters. The predicted octanol–water partition coefficient (Wildman–Crippen LogP) is 3.23. The van der Waals surface area contributed by atoms with Crippen LogP contribution in [0, 0.1) is 11.6 Å². The van der Waals surface area contributed by atoms with E-state index in [0.717, 1.165) is 11.1 Å². The van der Waals surface area contributed by atoms with Gasteiger partial charge in [0.2, 0.25) is 5.95 Å². The number of nitrogens with one attached hydrogen (secondary N) is 1.